The molecule has 0 fully saturated rings. The van der Waals surface area contributed by atoms with E-state index in [9.17, 15) is 18.0 Å². The van der Waals surface area contributed by atoms with Crippen molar-refractivity contribution >= 4 is 11.6 Å². The van der Waals surface area contributed by atoms with Crippen LogP contribution >= 0.6 is 0 Å². The molecular formula is C11H13F3N2O. The summed E-state index contributed by atoms with van der Waals surface area (Å²) in [5.41, 5.74) is 3.81. The second-order valence-electron chi connectivity index (χ2n) is 3.56. The van der Waals surface area contributed by atoms with Crippen LogP contribution in [0.4, 0.5) is 18.9 Å². The third kappa shape index (κ3) is 3.37. The Morgan fingerprint density at radius 2 is 2.06 bits per heavy atom. The molecule has 0 unspecified atom stereocenters. The van der Waals surface area contributed by atoms with Crippen molar-refractivity contribution in [3.05, 3.63) is 29.3 Å². The van der Waals surface area contributed by atoms with Gasteiger partial charge >= 0.3 is 6.18 Å². The smallest absolute Gasteiger partial charge is 0.398 e. The number of alkyl halides is 3. The molecule has 94 valence electrons. The number of carbonyl (C=O) groups is 1. The summed E-state index contributed by atoms with van der Waals surface area (Å²) in [5.74, 6) is -0.530. The molecular weight excluding hydrogens is 233 g/mol. The highest BCUT2D eigenvalue weighted by molar-refractivity contribution is 5.94. The van der Waals surface area contributed by atoms with Gasteiger partial charge in [0.25, 0.3) is 5.91 Å². The highest BCUT2D eigenvalue weighted by Gasteiger charge is 2.33. The quantitative estimate of drug-likeness (QED) is 0.805. The summed E-state index contributed by atoms with van der Waals surface area (Å²) < 4.78 is 37.6. The van der Waals surface area contributed by atoms with Crippen LogP contribution in [0.1, 0.15) is 29.3 Å². The van der Waals surface area contributed by atoms with Gasteiger partial charge < -0.3 is 11.1 Å². The molecule has 0 saturated heterocycles. The highest BCUT2D eigenvalue weighted by Crippen LogP contribution is 2.33. The molecule has 1 rings (SSSR count). The minimum Gasteiger partial charge on any atom is -0.398 e. The maximum absolute atomic E-state index is 12.5. The standard InChI is InChI=1S/C11H13F3N2O/c1-2-5-16-10(17)7-3-4-9(15)8(6-7)11(12,13)14/h3-4,6H,2,5,15H2,1H3,(H,16,17). The molecule has 17 heavy (non-hydrogen) atoms. The van der Waals surface area contributed by atoms with E-state index in [0.717, 1.165) is 12.1 Å². The molecule has 0 aliphatic carbocycles. The third-order valence-electron chi connectivity index (χ3n) is 2.16. The van der Waals surface area contributed by atoms with Gasteiger partial charge in [-0.15, -0.1) is 0 Å². The highest BCUT2D eigenvalue weighted by atomic mass is 19.4. The Kier molecular flexibility index (Phi) is 3.98. The second kappa shape index (κ2) is 5.07. The first-order chi connectivity index (χ1) is 7.86. The SMILES string of the molecule is CCCNC(=O)c1ccc(N)c(C(F)(F)F)c1. The molecule has 1 amide bonds. The lowest BCUT2D eigenvalue weighted by Gasteiger charge is -2.11. The number of rotatable bonds is 3. The van der Waals surface area contributed by atoms with E-state index in [2.05, 4.69) is 5.32 Å². The molecule has 0 aliphatic rings. The summed E-state index contributed by atoms with van der Waals surface area (Å²) in [4.78, 5) is 11.5. The molecule has 0 aliphatic heterocycles. The summed E-state index contributed by atoms with van der Waals surface area (Å²) in [5, 5.41) is 2.50. The number of nitrogen functional groups attached to an aromatic ring is 1. The average molecular weight is 246 g/mol. The number of hydrogen-bond donors (Lipinski definition) is 2. The van der Waals surface area contributed by atoms with Crippen molar-refractivity contribution in [1.82, 2.24) is 5.32 Å². The van der Waals surface area contributed by atoms with E-state index in [1.54, 1.807) is 0 Å². The number of carbonyl (C=O) groups excluding carboxylic acids is 1. The maximum atomic E-state index is 12.5. The Bertz CT molecular complexity index is 416. The van der Waals surface area contributed by atoms with Gasteiger partial charge in [0.05, 0.1) is 5.56 Å². The fraction of sp³-hybridized carbons (Fsp3) is 0.364. The van der Waals surface area contributed by atoms with Crippen LogP contribution in [0.2, 0.25) is 0 Å². The molecule has 0 aromatic heterocycles. The lowest BCUT2D eigenvalue weighted by molar-refractivity contribution is -0.136. The number of benzene rings is 1. The first-order valence-corrected chi connectivity index (χ1v) is 5.11. The van der Waals surface area contributed by atoms with Crippen LogP contribution in [0.3, 0.4) is 0 Å². The molecule has 3 N–H and O–H groups in total. The Hall–Kier alpha value is -1.72. The Balaban J connectivity index is 3.00. The minimum atomic E-state index is -4.55. The zero-order valence-electron chi connectivity index (χ0n) is 9.27. The fourth-order valence-electron chi connectivity index (χ4n) is 1.28. The average Bonchev–Trinajstić information content (AvgIpc) is 2.25. The second-order valence-corrected chi connectivity index (χ2v) is 3.56. The van der Waals surface area contributed by atoms with Crippen LogP contribution in [0, 0.1) is 0 Å². The van der Waals surface area contributed by atoms with Gasteiger partial charge in [0.2, 0.25) is 0 Å². The maximum Gasteiger partial charge on any atom is 0.418 e. The predicted octanol–water partition coefficient (Wildman–Crippen LogP) is 2.43. The van der Waals surface area contributed by atoms with Crippen molar-refractivity contribution in [1.29, 1.82) is 0 Å². The number of hydrogen-bond acceptors (Lipinski definition) is 2. The van der Waals surface area contributed by atoms with E-state index in [1.807, 2.05) is 6.92 Å². The number of anilines is 1. The van der Waals surface area contributed by atoms with E-state index >= 15 is 0 Å². The van der Waals surface area contributed by atoms with Crippen molar-refractivity contribution < 1.29 is 18.0 Å². The normalized spacial score (nSPS) is 11.3. The van der Waals surface area contributed by atoms with Crippen molar-refractivity contribution in [3.63, 3.8) is 0 Å². The zero-order valence-corrected chi connectivity index (χ0v) is 9.27. The largest absolute Gasteiger partial charge is 0.418 e. The molecule has 0 bridgehead atoms. The topological polar surface area (TPSA) is 55.1 Å². The lowest BCUT2D eigenvalue weighted by atomic mass is 10.1. The molecule has 6 heteroatoms. The number of nitrogens with two attached hydrogens (primary N) is 1. The van der Waals surface area contributed by atoms with Crippen molar-refractivity contribution in [2.24, 2.45) is 0 Å². The van der Waals surface area contributed by atoms with E-state index in [0.29, 0.717) is 13.0 Å². The Morgan fingerprint density at radius 3 is 2.59 bits per heavy atom. The van der Waals surface area contributed by atoms with Gasteiger partial charge in [0.15, 0.2) is 0 Å². The van der Waals surface area contributed by atoms with Gasteiger partial charge in [0, 0.05) is 17.8 Å². The van der Waals surface area contributed by atoms with Gasteiger partial charge in [-0.2, -0.15) is 13.2 Å². The fourth-order valence-corrected chi connectivity index (χ4v) is 1.28. The first-order valence-electron chi connectivity index (χ1n) is 5.11. The summed E-state index contributed by atoms with van der Waals surface area (Å²) in [6.07, 6.45) is -3.84. The molecule has 3 nitrogen and oxygen atoms in total. The van der Waals surface area contributed by atoms with Gasteiger partial charge in [-0.05, 0) is 24.6 Å². The summed E-state index contributed by atoms with van der Waals surface area (Å²) in [7, 11) is 0. The molecule has 0 heterocycles. The molecule has 0 atom stereocenters. The van der Waals surface area contributed by atoms with Crippen molar-refractivity contribution in [3.8, 4) is 0 Å². The van der Waals surface area contributed by atoms with Gasteiger partial charge in [-0.3, -0.25) is 4.79 Å². The third-order valence-corrected chi connectivity index (χ3v) is 2.16. The zero-order chi connectivity index (χ0) is 13.1. The summed E-state index contributed by atoms with van der Waals surface area (Å²) >= 11 is 0. The van der Waals surface area contributed by atoms with Crippen molar-refractivity contribution in [2.45, 2.75) is 19.5 Å². The number of amides is 1. The van der Waals surface area contributed by atoms with Crippen LogP contribution in [-0.4, -0.2) is 12.5 Å². The van der Waals surface area contributed by atoms with Crippen LogP contribution < -0.4 is 11.1 Å². The Morgan fingerprint density at radius 1 is 1.41 bits per heavy atom. The van der Waals surface area contributed by atoms with Gasteiger partial charge in [0.1, 0.15) is 0 Å². The first kappa shape index (κ1) is 13.3. The lowest BCUT2D eigenvalue weighted by Crippen LogP contribution is -2.24. The van der Waals surface area contributed by atoms with E-state index in [1.165, 1.54) is 6.07 Å². The minimum absolute atomic E-state index is 0.0417. The van der Waals surface area contributed by atoms with Crippen LogP contribution in [0.25, 0.3) is 0 Å². The van der Waals surface area contributed by atoms with Crippen LogP contribution in [-0.2, 0) is 6.18 Å². The van der Waals surface area contributed by atoms with Gasteiger partial charge in [-0.25, -0.2) is 0 Å². The molecule has 1 aromatic carbocycles. The number of halogens is 3. The van der Waals surface area contributed by atoms with Crippen LogP contribution in [0.5, 0.6) is 0 Å². The summed E-state index contributed by atoms with van der Waals surface area (Å²) in [6.45, 7) is 2.27. The van der Waals surface area contributed by atoms with E-state index in [4.69, 9.17) is 5.73 Å². The predicted molar refractivity (Wildman–Crippen MR) is 58.5 cm³/mol. The molecule has 0 radical (unpaired) electrons. The van der Waals surface area contributed by atoms with Crippen LogP contribution in [0.15, 0.2) is 18.2 Å². The Labute approximate surface area is 96.8 Å². The number of nitrogens with one attached hydrogen (secondary N) is 1. The molecule has 0 spiro atoms. The van der Waals surface area contributed by atoms with E-state index in [-0.39, 0.29) is 11.3 Å². The molecule has 0 saturated carbocycles. The monoisotopic (exact) mass is 246 g/mol. The van der Waals surface area contributed by atoms with Gasteiger partial charge in [-0.1, -0.05) is 6.92 Å². The van der Waals surface area contributed by atoms with Crippen molar-refractivity contribution in [2.75, 3.05) is 12.3 Å². The van der Waals surface area contributed by atoms with E-state index < -0.39 is 17.6 Å². The summed E-state index contributed by atoms with van der Waals surface area (Å²) in [6, 6.07) is 3.12. The molecule has 1 aromatic rings.